The molecule has 1 heterocycles. The molecule has 126 valence electrons. The van der Waals surface area contributed by atoms with Gasteiger partial charge in [0.05, 0.1) is 0 Å². The molecule has 0 amide bonds. The Morgan fingerprint density at radius 3 is 1.96 bits per heavy atom. The lowest BCUT2D eigenvalue weighted by Gasteiger charge is -2.15. The van der Waals surface area contributed by atoms with E-state index in [-0.39, 0.29) is 0 Å². The van der Waals surface area contributed by atoms with Gasteiger partial charge in [0.2, 0.25) is 0 Å². The van der Waals surface area contributed by atoms with Crippen molar-refractivity contribution < 1.29 is 0 Å². The predicted molar refractivity (Wildman–Crippen MR) is 104 cm³/mol. The number of nitrogens with zero attached hydrogens (tertiary/aromatic N) is 1. The molecular formula is C20H25N3S. The maximum atomic E-state index is 5.34. The second kappa shape index (κ2) is 8.81. The normalized spacial score (nSPS) is 14.5. The van der Waals surface area contributed by atoms with Gasteiger partial charge < -0.3 is 10.6 Å². The molecule has 0 atom stereocenters. The fourth-order valence-corrected chi connectivity index (χ4v) is 3.13. The van der Waals surface area contributed by atoms with Crippen molar-refractivity contribution in [2.75, 3.05) is 13.1 Å². The molecule has 3 rings (SSSR count). The van der Waals surface area contributed by atoms with Crippen LogP contribution in [0.2, 0.25) is 0 Å². The van der Waals surface area contributed by atoms with Crippen LogP contribution in [0.5, 0.6) is 0 Å². The fourth-order valence-electron chi connectivity index (χ4n) is 2.98. The highest BCUT2D eigenvalue weighted by molar-refractivity contribution is 7.80. The van der Waals surface area contributed by atoms with Gasteiger partial charge in [-0.2, -0.15) is 0 Å². The number of nitrogens with one attached hydrogen (secondary N) is 2. The minimum Gasteiger partial charge on any atom is -0.359 e. The SMILES string of the molecule is S=C(NCc1ccccc1)NCc1ccc(CN2CCCC2)cc1. The maximum Gasteiger partial charge on any atom is 0.166 e. The van der Waals surface area contributed by atoms with Crippen LogP contribution < -0.4 is 10.6 Å². The second-order valence-electron chi connectivity index (χ2n) is 6.32. The van der Waals surface area contributed by atoms with Crippen LogP contribution in [0, 0.1) is 0 Å². The van der Waals surface area contributed by atoms with E-state index in [1.54, 1.807) is 0 Å². The summed E-state index contributed by atoms with van der Waals surface area (Å²) in [5, 5.41) is 7.21. The molecule has 1 saturated heterocycles. The van der Waals surface area contributed by atoms with Crippen molar-refractivity contribution in [3.8, 4) is 0 Å². The molecule has 0 bridgehead atoms. The number of benzene rings is 2. The van der Waals surface area contributed by atoms with E-state index in [9.17, 15) is 0 Å². The van der Waals surface area contributed by atoms with Gasteiger partial charge in [-0.1, -0.05) is 54.6 Å². The Kier molecular flexibility index (Phi) is 6.21. The molecule has 0 saturated carbocycles. The van der Waals surface area contributed by atoms with Crippen LogP contribution in [0.1, 0.15) is 29.5 Å². The smallest absolute Gasteiger partial charge is 0.166 e. The van der Waals surface area contributed by atoms with Crippen molar-refractivity contribution >= 4 is 17.3 Å². The highest BCUT2D eigenvalue weighted by Crippen LogP contribution is 2.13. The van der Waals surface area contributed by atoms with Crippen molar-refractivity contribution in [1.29, 1.82) is 0 Å². The lowest BCUT2D eigenvalue weighted by atomic mass is 10.1. The summed E-state index contributed by atoms with van der Waals surface area (Å²) in [6.45, 7) is 5.06. The van der Waals surface area contributed by atoms with E-state index < -0.39 is 0 Å². The lowest BCUT2D eigenvalue weighted by Crippen LogP contribution is -2.34. The van der Waals surface area contributed by atoms with Gasteiger partial charge in [-0.3, -0.25) is 4.90 Å². The maximum absolute atomic E-state index is 5.34. The quantitative estimate of drug-likeness (QED) is 0.789. The van der Waals surface area contributed by atoms with E-state index >= 15 is 0 Å². The molecule has 0 spiro atoms. The van der Waals surface area contributed by atoms with Gasteiger partial charge >= 0.3 is 0 Å². The summed E-state index contributed by atoms with van der Waals surface area (Å²) in [6.07, 6.45) is 2.69. The summed E-state index contributed by atoms with van der Waals surface area (Å²) in [5.41, 5.74) is 3.88. The Hall–Kier alpha value is -1.91. The first-order valence-electron chi connectivity index (χ1n) is 8.65. The third-order valence-electron chi connectivity index (χ3n) is 4.38. The zero-order chi connectivity index (χ0) is 16.6. The van der Waals surface area contributed by atoms with Gasteiger partial charge in [0.1, 0.15) is 0 Å². The van der Waals surface area contributed by atoms with Gasteiger partial charge in [-0.05, 0) is 54.8 Å². The van der Waals surface area contributed by atoms with Gasteiger partial charge in [0.25, 0.3) is 0 Å². The highest BCUT2D eigenvalue weighted by Gasteiger charge is 2.11. The molecule has 0 radical (unpaired) electrons. The average molecular weight is 340 g/mol. The van der Waals surface area contributed by atoms with Crippen molar-refractivity contribution in [2.45, 2.75) is 32.5 Å². The van der Waals surface area contributed by atoms with Gasteiger partial charge in [0, 0.05) is 19.6 Å². The van der Waals surface area contributed by atoms with E-state index in [0.717, 1.165) is 19.6 Å². The van der Waals surface area contributed by atoms with E-state index in [1.165, 1.54) is 42.6 Å². The number of hydrogen-bond acceptors (Lipinski definition) is 2. The molecule has 1 fully saturated rings. The zero-order valence-corrected chi connectivity index (χ0v) is 14.8. The van der Waals surface area contributed by atoms with Crippen LogP contribution >= 0.6 is 12.2 Å². The minimum atomic E-state index is 0.694. The van der Waals surface area contributed by atoms with Crippen LogP contribution in [-0.2, 0) is 19.6 Å². The molecule has 0 aliphatic carbocycles. The summed E-state index contributed by atoms with van der Waals surface area (Å²) in [7, 11) is 0. The van der Waals surface area contributed by atoms with E-state index in [1.807, 2.05) is 18.2 Å². The van der Waals surface area contributed by atoms with E-state index in [4.69, 9.17) is 12.2 Å². The van der Waals surface area contributed by atoms with Gasteiger partial charge in [-0.15, -0.1) is 0 Å². The summed E-state index contributed by atoms with van der Waals surface area (Å²) < 4.78 is 0. The zero-order valence-electron chi connectivity index (χ0n) is 14.0. The van der Waals surface area contributed by atoms with E-state index in [2.05, 4.69) is 51.9 Å². The van der Waals surface area contributed by atoms with Gasteiger partial charge in [-0.25, -0.2) is 0 Å². The molecule has 0 unspecified atom stereocenters. The van der Waals surface area contributed by atoms with Crippen LogP contribution in [0.3, 0.4) is 0 Å². The number of rotatable bonds is 6. The first-order valence-corrected chi connectivity index (χ1v) is 9.06. The second-order valence-corrected chi connectivity index (χ2v) is 6.73. The van der Waals surface area contributed by atoms with Gasteiger partial charge in [0.15, 0.2) is 5.11 Å². The Morgan fingerprint density at radius 1 is 0.792 bits per heavy atom. The van der Waals surface area contributed by atoms with Crippen molar-refractivity contribution in [3.05, 3.63) is 71.3 Å². The Labute approximate surface area is 150 Å². The first-order chi connectivity index (χ1) is 11.8. The fraction of sp³-hybridized carbons (Fsp3) is 0.350. The molecule has 4 heteroatoms. The van der Waals surface area contributed by atoms with Crippen molar-refractivity contribution in [1.82, 2.24) is 15.5 Å². The first kappa shape index (κ1) is 16.9. The molecule has 3 nitrogen and oxygen atoms in total. The third kappa shape index (κ3) is 5.32. The molecule has 2 aromatic carbocycles. The molecule has 2 N–H and O–H groups in total. The minimum absolute atomic E-state index is 0.694. The molecule has 24 heavy (non-hydrogen) atoms. The van der Waals surface area contributed by atoms with Crippen LogP contribution in [-0.4, -0.2) is 23.1 Å². The highest BCUT2D eigenvalue weighted by atomic mass is 32.1. The summed E-state index contributed by atoms with van der Waals surface area (Å²) in [6, 6.07) is 19.1. The van der Waals surface area contributed by atoms with E-state index in [0.29, 0.717) is 5.11 Å². The summed E-state index contributed by atoms with van der Waals surface area (Å²) in [4.78, 5) is 2.52. The van der Waals surface area contributed by atoms with Crippen LogP contribution in [0.4, 0.5) is 0 Å². The average Bonchev–Trinajstić information content (AvgIpc) is 3.13. The van der Waals surface area contributed by atoms with Crippen molar-refractivity contribution in [2.24, 2.45) is 0 Å². The molecular weight excluding hydrogens is 314 g/mol. The summed E-state index contributed by atoms with van der Waals surface area (Å²) in [5.74, 6) is 0. The molecule has 2 aromatic rings. The molecule has 1 aliphatic heterocycles. The van der Waals surface area contributed by atoms with Crippen LogP contribution in [0.15, 0.2) is 54.6 Å². The Balaban J connectivity index is 1.40. The van der Waals surface area contributed by atoms with Crippen molar-refractivity contribution in [3.63, 3.8) is 0 Å². The predicted octanol–water partition coefficient (Wildman–Crippen LogP) is 3.45. The topological polar surface area (TPSA) is 27.3 Å². The molecule has 1 aliphatic rings. The Bertz CT molecular complexity index is 634. The largest absolute Gasteiger partial charge is 0.359 e. The monoisotopic (exact) mass is 339 g/mol. The summed E-state index contributed by atoms with van der Waals surface area (Å²) >= 11 is 5.34. The number of likely N-dealkylation sites (tertiary alicyclic amines) is 1. The lowest BCUT2D eigenvalue weighted by molar-refractivity contribution is 0.331. The third-order valence-corrected chi connectivity index (χ3v) is 4.67. The van der Waals surface area contributed by atoms with Crippen LogP contribution in [0.25, 0.3) is 0 Å². The standard InChI is InChI=1S/C20H25N3S/c24-20(21-14-17-6-2-1-3-7-17)22-15-18-8-10-19(11-9-18)16-23-12-4-5-13-23/h1-3,6-11H,4-5,12-16H2,(H2,21,22,24). The Morgan fingerprint density at radius 2 is 1.33 bits per heavy atom. The molecule has 0 aromatic heterocycles. The number of hydrogen-bond donors (Lipinski definition) is 2. The number of thiocarbonyl (C=S) groups is 1.